The van der Waals surface area contributed by atoms with Crippen molar-refractivity contribution in [3.05, 3.63) is 35.9 Å². The SMILES string of the molecule is CNC(=O)CN1CCC(CCC(=O)N2CCC(Cc3ccccc3)CC2)CC1. The fourth-order valence-electron chi connectivity index (χ4n) is 4.54. The second-order valence-corrected chi connectivity index (χ2v) is 8.45. The van der Waals surface area contributed by atoms with Crippen LogP contribution in [0.3, 0.4) is 0 Å². The second kappa shape index (κ2) is 10.6. The van der Waals surface area contributed by atoms with E-state index in [9.17, 15) is 9.59 Å². The third-order valence-electron chi connectivity index (χ3n) is 6.45. The molecule has 2 fully saturated rings. The van der Waals surface area contributed by atoms with Gasteiger partial charge in [-0.15, -0.1) is 0 Å². The topological polar surface area (TPSA) is 52.7 Å². The highest BCUT2D eigenvalue weighted by Gasteiger charge is 2.25. The number of likely N-dealkylation sites (N-methyl/N-ethyl adjacent to an activating group) is 1. The summed E-state index contributed by atoms with van der Waals surface area (Å²) in [5.74, 6) is 1.76. The molecule has 0 atom stereocenters. The van der Waals surface area contributed by atoms with Gasteiger partial charge >= 0.3 is 0 Å². The largest absolute Gasteiger partial charge is 0.358 e. The van der Waals surface area contributed by atoms with Crippen molar-refractivity contribution in [2.75, 3.05) is 39.8 Å². The Morgan fingerprint density at radius 1 is 0.964 bits per heavy atom. The number of amides is 2. The first-order valence-corrected chi connectivity index (χ1v) is 10.9. The maximum atomic E-state index is 12.6. The standard InChI is InChI=1S/C23H35N3O2/c1-24-22(27)18-25-13-9-19(10-14-25)7-8-23(28)26-15-11-21(12-16-26)17-20-5-3-2-4-6-20/h2-6,19,21H,7-18H2,1H3,(H,24,27). The maximum absolute atomic E-state index is 12.6. The predicted molar refractivity (Wildman–Crippen MR) is 112 cm³/mol. The van der Waals surface area contributed by atoms with Gasteiger partial charge in [-0.05, 0) is 69.0 Å². The number of carbonyl (C=O) groups excluding carboxylic acids is 2. The molecule has 0 spiro atoms. The van der Waals surface area contributed by atoms with E-state index in [-0.39, 0.29) is 5.91 Å². The van der Waals surface area contributed by atoms with Crippen LogP contribution in [0.15, 0.2) is 30.3 Å². The number of hydrogen-bond donors (Lipinski definition) is 1. The van der Waals surface area contributed by atoms with Crippen LogP contribution in [0.4, 0.5) is 0 Å². The van der Waals surface area contributed by atoms with Crippen LogP contribution in [0.25, 0.3) is 0 Å². The number of piperidine rings is 2. The molecule has 154 valence electrons. The van der Waals surface area contributed by atoms with Gasteiger partial charge in [-0.1, -0.05) is 30.3 Å². The number of carbonyl (C=O) groups is 2. The summed E-state index contributed by atoms with van der Waals surface area (Å²) in [5, 5.41) is 2.69. The van der Waals surface area contributed by atoms with Crippen LogP contribution in [-0.4, -0.2) is 61.4 Å². The van der Waals surface area contributed by atoms with E-state index in [1.165, 1.54) is 5.56 Å². The fourth-order valence-corrected chi connectivity index (χ4v) is 4.54. The highest BCUT2D eigenvalue weighted by atomic mass is 16.2. The number of nitrogens with zero attached hydrogens (tertiary/aromatic N) is 2. The lowest BCUT2D eigenvalue weighted by Gasteiger charge is -2.34. The first kappa shape index (κ1) is 20.8. The molecule has 2 amide bonds. The second-order valence-electron chi connectivity index (χ2n) is 8.45. The summed E-state index contributed by atoms with van der Waals surface area (Å²) in [7, 11) is 1.69. The molecule has 0 bridgehead atoms. The molecule has 1 aromatic carbocycles. The lowest BCUT2D eigenvalue weighted by atomic mass is 9.89. The van der Waals surface area contributed by atoms with Gasteiger partial charge < -0.3 is 10.2 Å². The predicted octanol–water partition coefficient (Wildman–Crippen LogP) is 2.71. The van der Waals surface area contributed by atoms with E-state index >= 15 is 0 Å². The first-order chi connectivity index (χ1) is 13.6. The van der Waals surface area contributed by atoms with Gasteiger partial charge in [0.2, 0.25) is 11.8 Å². The van der Waals surface area contributed by atoms with Crippen LogP contribution in [0, 0.1) is 11.8 Å². The number of nitrogens with one attached hydrogen (secondary N) is 1. The van der Waals surface area contributed by atoms with Crippen molar-refractivity contribution in [1.82, 2.24) is 15.1 Å². The summed E-state index contributed by atoms with van der Waals surface area (Å²) in [4.78, 5) is 28.4. The van der Waals surface area contributed by atoms with Crippen LogP contribution in [0.2, 0.25) is 0 Å². The molecule has 5 nitrogen and oxygen atoms in total. The van der Waals surface area contributed by atoms with E-state index in [4.69, 9.17) is 0 Å². The highest BCUT2D eigenvalue weighted by Crippen LogP contribution is 2.25. The lowest BCUT2D eigenvalue weighted by molar-refractivity contribution is -0.133. The normalized spacial score (nSPS) is 19.5. The van der Waals surface area contributed by atoms with Gasteiger partial charge in [0.25, 0.3) is 0 Å². The molecule has 2 aliphatic rings. The molecule has 0 saturated carbocycles. The van der Waals surface area contributed by atoms with E-state index in [1.807, 2.05) is 0 Å². The Balaban J connectivity index is 1.31. The Bertz CT molecular complexity index is 618. The van der Waals surface area contributed by atoms with Crippen LogP contribution in [-0.2, 0) is 16.0 Å². The quantitative estimate of drug-likeness (QED) is 0.785. The van der Waals surface area contributed by atoms with Crippen LogP contribution in [0.1, 0.15) is 44.1 Å². The van der Waals surface area contributed by atoms with Crippen LogP contribution in [0.5, 0.6) is 0 Å². The third kappa shape index (κ3) is 6.33. The first-order valence-electron chi connectivity index (χ1n) is 10.9. The molecule has 0 radical (unpaired) electrons. The third-order valence-corrected chi connectivity index (χ3v) is 6.45. The minimum Gasteiger partial charge on any atom is -0.358 e. The zero-order valence-corrected chi connectivity index (χ0v) is 17.2. The molecule has 2 heterocycles. The Labute approximate surface area is 169 Å². The molecule has 2 aliphatic heterocycles. The molecule has 0 unspecified atom stereocenters. The van der Waals surface area contributed by atoms with Crippen molar-refractivity contribution < 1.29 is 9.59 Å². The minimum absolute atomic E-state index is 0.0873. The van der Waals surface area contributed by atoms with Gasteiger partial charge in [0.1, 0.15) is 0 Å². The van der Waals surface area contributed by atoms with Crippen molar-refractivity contribution in [1.29, 1.82) is 0 Å². The highest BCUT2D eigenvalue weighted by molar-refractivity contribution is 5.77. The fraction of sp³-hybridized carbons (Fsp3) is 0.652. The monoisotopic (exact) mass is 385 g/mol. The molecule has 1 N–H and O–H groups in total. The van der Waals surface area contributed by atoms with Crippen molar-refractivity contribution in [3.63, 3.8) is 0 Å². The molecule has 5 heteroatoms. The summed E-state index contributed by atoms with van der Waals surface area (Å²) < 4.78 is 0. The summed E-state index contributed by atoms with van der Waals surface area (Å²) >= 11 is 0. The number of benzene rings is 1. The van der Waals surface area contributed by atoms with Crippen LogP contribution < -0.4 is 5.32 Å². The zero-order chi connectivity index (χ0) is 19.8. The number of likely N-dealkylation sites (tertiary alicyclic amines) is 2. The lowest BCUT2D eigenvalue weighted by Crippen LogP contribution is -2.41. The van der Waals surface area contributed by atoms with Gasteiger partial charge in [-0.2, -0.15) is 0 Å². The average Bonchev–Trinajstić information content (AvgIpc) is 2.74. The van der Waals surface area contributed by atoms with E-state index in [1.54, 1.807) is 7.05 Å². The Kier molecular flexibility index (Phi) is 7.90. The molecule has 3 rings (SSSR count). The van der Waals surface area contributed by atoms with Gasteiger partial charge in [-0.3, -0.25) is 14.5 Å². The van der Waals surface area contributed by atoms with E-state index in [0.29, 0.717) is 30.7 Å². The Morgan fingerprint density at radius 2 is 1.61 bits per heavy atom. The van der Waals surface area contributed by atoms with Crippen molar-refractivity contribution in [2.45, 2.75) is 44.9 Å². The summed E-state index contributed by atoms with van der Waals surface area (Å²) in [6.45, 7) is 4.27. The molecular formula is C23H35N3O2. The Morgan fingerprint density at radius 3 is 2.25 bits per heavy atom. The molecule has 1 aromatic rings. The van der Waals surface area contributed by atoms with Gasteiger partial charge in [0.15, 0.2) is 0 Å². The average molecular weight is 386 g/mol. The number of rotatable bonds is 7. The molecular weight excluding hydrogens is 350 g/mol. The van der Waals surface area contributed by atoms with E-state index < -0.39 is 0 Å². The molecule has 0 aromatic heterocycles. The van der Waals surface area contributed by atoms with E-state index in [0.717, 1.165) is 64.7 Å². The zero-order valence-electron chi connectivity index (χ0n) is 17.2. The minimum atomic E-state index is 0.0873. The summed E-state index contributed by atoms with van der Waals surface area (Å²) in [6.07, 6.45) is 7.27. The van der Waals surface area contributed by atoms with Crippen molar-refractivity contribution in [2.24, 2.45) is 11.8 Å². The molecule has 0 aliphatic carbocycles. The molecule has 2 saturated heterocycles. The summed E-state index contributed by atoms with van der Waals surface area (Å²) in [5.41, 5.74) is 1.41. The summed E-state index contributed by atoms with van der Waals surface area (Å²) in [6, 6.07) is 10.7. The molecule has 28 heavy (non-hydrogen) atoms. The maximum Gasteiger partial charge on any atom is 0.233 e. The van der Waals surface area contributed by atoms with E-state index in [2.05, 4.69) is 45.4 Å². The van der Waals surface area contributed by atoms with Gasteiger partial charge in [0, 0.05) is 26.6 Å². The number of hydrogen-bond acceptors (Lipinski definition) is 3. The van der Waals surface area contributed by atoms with Gasteiger partial charge in [-0.25, -0.2) is 0 Å². The van der Waals surface area contributed by atoms with Crippen molar-refractivity contribution >= 4 is 11.8 Å². The Hall–Kier alpha value is -1.88. The van der Waals surface area contributed by atoms with Crippen LogP contribution >= 0.6 is 0 Å². The van der Waals surface area contributed by atoms with Gasteiger partial charge in [0.05, 0.1) is 6.54 Å². The van der Waals surface area contributed by atoms with Crippen molar-refractivity contribution in [3.8, 4) is 0 Å². The smallest absolute Gasteiger partial charge is 0.233 e.